The first-order valence-corrected chi connectivity index (χ1v) is 8.63. The lowest BCUT2D eigenvalue weighted by Gasteiger charge is -2.16. The molecule has 0 radical (unpaired) electrons. The molecule has 0 aliphatic heterocycles. The average molecular weight is 346 g/mol. The van der Waals surface area contributed by atoms with E-state index in [1.807, 2.05) is 66.9 Å². The molecule has 1 amide bonds. The SMILES string of the molecule is Cc1ccnc(CCc2ccc(OC(=O)N(C)c3ccccc3)cc2)c1. The Labute approximate surface area is 154 Å². The molecule has 4 nitrogen and oxygen atoms in total. The molecule has 0 N–H and O–H groups in total. The van der Waals surface area contributed by atoms with Gasteiger partial charge in [0.15, 0.2) is 0 Å². The Bertz CT molecular complexity index is 861. The number of carbonyl (C=O) groups is 1. The second kappa shape index (κ2) is 8.30. The Kier molecular flexibility index (Phi) is 5.64. The third kappa shape index (κ3) is 4.70. The summed E-state index contributed by atoms with van der Waals surface area (Å²) in [5.74, 6) is 0.537. The van der Waals surface area contributed by atoms with Gasteiger partial charge in [-0.2, -0.15) is 0 Å². The van der Waals surface area contributed by atoms with Crippen LogP contribution >= 0.6 is 0 Å². The molecule has 4 heteroatoms. The number of amides is 1. The molecule has 0 saturated carbocycles. The molecule has 1 heterocycles. The predicted molar refractivity (Wildman–Crippen MR) is 104 cm³/mol. The minimum atomic E-state index is -0.409. The van der Waals surface area contributed by atoms with Crippen molar-refractivity contribution in [3.8, 4) is 5.75 Å². The molecule has 0 saturated heterocycles. The quantitative estimate of drug-likeness (QED) is 0.666. The van der Waals surface area contributed by atoms with Crippen LogP contribution in [0.4, 0.5) is 10.5 Å². The van der Waals surface area contributed by atoms with E-state index in [-0.39, 0.29) is 0 Å². The van der Waals surface area contributed by atoms with Gasteiger partial charge in [0.1, 0.15) is 5.75 Å². The molecule has 0 fully saturated rings. The van der Waals surface area contributed by atoms with Gasteiger partial charge in [-0.05, 0) is 67.3 Å². The normalized spacial score (nSPS) is 10.4. The van der Waals surface area contributed by atoms with Crippen LogP contribution in [0.25, 0.3) is 0 Å². The van der Waals surface area contributed by atoms with E-state index in [4.69, 9.17) is 4.74 Å². The van der Waals surface area contributed by atoms with Crippen molar-refractivity contribution >= 4 is 11.8 Å². The van der Waals surface area contributed by atoms with E-state index < -0.39 is 6.09 Å². The fourth-order valence-electron chi connectivity index (χ4n) is 2.66. The standard InChI is InChI=1S/C22H22N2O2/c1-17-14-15-23-19(16-17)11-8-18-9-12-21(13-10-18)26-22(25)24(2)20-6-4-3-5-7-20/h3-7,9-10,12-16H,8,11H2,1-2H3. The Morgan fingerprint density at radius 3 is 2.42 bits per heavy atom. The first-order chi connectivity index (χ1) is 12.6. The highest BCUT2D eigenvalue weighted by Gasteiger charge is 2.12. The average Bonchev–Trinajstić information content (AvgIpc) is 2.67. The minimum absolute atomic E-state index is 0.409. The van der Waals surface area contributed by atoms with E-state index >= 15 is 0 Å². The molecule has 2 aromatic carbocycles. The van der Waals surface area contributed by atoms with E-state index in [0.717, 1.165) is 24.2 Å². The predicted octanol–water partition coefficient (Wildman–Crippen LogP) is 4.81. The van der Waals surface area contributed by atoms with Gasteiger partial charge in [-0.3, -0.25) is 9.88 Å². The van der Waals surface area contributed by atoms with Crippen molar-refractivity contribution in [2.45, 2.75) is 19.8 Å². The first-order valence-electron chi connectivity index (χ1n) is 8.63. The van der Waals surface area contributed by atoms with E-state index in [9.17, 15) is 4.79 Å². The van der Waals surface area contributed by atoms with Gasteiger partial charge in [-0.25, -0.2) is 4.79 Å². The largest absolute Gasteiger partial charge is 0.419 e. The van der Waals surface area contributed by atoms with Gasteiger partial charge >= 0.3 is 6.09 Å². The van der Waals surface area contributed by atoms with Crippen LogP contribution in [0, 0.1) is 6.92 Å². The van der Waals surface area contributed by atoms with E-state index in [0.29, 0.717) is 5.75 Å². The molecule has 3 aromatic rings. The van der Waals surface area contributed by atoms with Crippen molar-refractivity contribution in [1.82, 2.24) is 4.98 Å². The lowest BCUT2D eigenvalue weighted by molar-refractivity contribution is 0.209. The van der Waals surface area contributed by atoms with Gasteiger partial charge in [0.25, 0.3) is 0 Å². The molecular formula is C22H22N2O2. The highest BCUT2D eigenvalue weighted by Crippen LogP contribution is 2.17. The van der Waals surface area contributed by atoms with Crippen LogP contribution in [0.2, 0.25) is 0 Å². The van der Waals surface area contributed by atoms with Crippen molar-refractivity contribution in [3.63, 3.8) is 0 Å². The summed E-state index contributed by atoms with van der Waals surface area (Å²) in [6.45, 7) is 2.07. The third-order valence-electron chi connectivity index (χ3n) is 4.19. The lowest BCUT2D eigenvalue weighted by Crippen LogP contribution is -2.29. The van der Waals surface area contributed by atoms with Crippen molar-refractivity contribution in [2.75, 3.05) is 11.9 Å². The summed E-state index contributed by atoms with van der Waals surface area (Å²) < 4.78 is 5.44. The van der Waals surface area contributed by atoms with Crippen molar-refractivity contribution in [1.29, 1.82) is 0 Å². The Morgan fingerprint density at radius 2 is 1.73 bits per heavy atom. The summed E-state index contributed by atoms with van der Waals surface area (Å²) in [7, 11) is 1.70. The molecule has 26 heavy (non-hydrogen) atoms. The summed E-state index contributed by atoms with van der Waals surface area (Å²) in [5.41, 5.74) is 4.29. The molecule has 0 atom stereocenters. The fourth-order valence-corrected chi connectivity index (χ4v) is 2.66. The van der Waals surface area contributed by atoms with Gasteiger partial charge in [-0.1, -0.05) is 30.3 Å². The van der Waals surface area contributed by atoms with Gasteiger partial charge < -0.3 is 4.74 Å². The van der Waals surface area contributed by atoms with Crippen LogP contribution in [-0.2, 0) is 12.8 Å². The number of carbonyl (C=O) groups excluding carboxylic acids is 1. The van der Waals surface area contributed by atoms with E-state index in [1.54, 1.807) is 7.05 Å². The molecule has 0 aliphatic carbocycles. The molecule has 1 aromatic heterocycles. The summed E-state index contributed by atoms with van der Waals surface area (Å²) in [6.07, 6.45) is 3.22. The number of ether oxygens (including phenoxy) is 1. The van der Waals surface area contributed by atoms with Crippen molar-refractivity contribution in [3.05, 3.63) is 89.7 Å². The summed E-state index contributed by atoms with van der Waals surface area (Å²) in [5, 5.41) is 0. The maximum Gasteiger partial charge on any atom is 0.419 e. The van der Waals surface area contributed by atoms with E-state index in [2.05, 4.69) is 18.0 Å². The van der Waals surface area contributed by atoms with Crippen LogP contribution in [0.3, 0.4) is 0 Å². The molecule has 132 valence electrons. The third-order valence-corrected chi connectivity index (χ3v) is 4.19. The number of anilines is 1. The number of hydrogen-bond donors (Lipinski definition) is 0. The maximum atomic E-state index is 12.2. The summed E-state index contributed by atoms with van der Waals surface area (Å²) in [4.78, 5) is 18.1. The number of rotatable bonds is 5. The van der Waals surface area contributed by atoms with Crippen LogP contribution < -0.4 is 9.64 Å². The fraction of sp³-hybridized carbons (Fsp3) is 0.182. The molecular weight excluding hydrogens is 324 g/mol. The number of pyridine rings is 1. The topological polar surface area (TPSA) is 42.4 Å². The van der Waals surface area contributed by atoms with Crippen LogP contribution in [0.1, 0.15) is 16.8 Å². The maximum absolute atomic E-state index is 12.2. The van der Waals surface area contributed by atoms with Crippen LogP contribution in [0.15, 0.2) is 72.9 Å². The van der Waals surface area contributed by atoms with Gasteiger partial charge in [0, 0.05) is 24.6 Å². The number of hydrogen-bond acceptors (Lipinski definition) is 3. The van der Waals surface area contributed by atoms with Gasteiger partial charge in [-0.15, -0.1) is 0 Å². The number of benzene rings is 2. The van der Waals surface area contributed by atoms with Crippen molar-refractivity contribution in [2.24, 2.45) is 0 Å². The number of para-hydroxylation sites is 1. The smallest absolute Gasteiger partial charge is 0.410 e. The van der Waals surface area contributed by atoms with E-state index in [1.165, 1.54) is 16.0 Å². The molecule has 0 unspecified atom stereocenters. The van der Waals surface area contributed by atoms with Gasteiger partial charge in [0.05, 0.1) is 0 Å². The Balaban J connectivity index is 1.56. The molecule has 3 rings (SSSR count). The van der Waals surface area contributed by atoms with Crippen LogP contribution in [0.5, 0.6) is 5.75 Å². The summed E-state index contributed by atoms with van der Waals surface area (Å²) in [6, 6.07) is 21.1. The Hall–Kier alpha value is -3.14. The highest BCUT2D eigenvalue weighted by molar-refractivity contribution is 5.88. The summed E-state index contributed by atoms with van der Waals surface area (Å²) >= 11 is 0. The van der Waals surface area contributed by atoms with Gasteiger partial charge in [0.2, 0.25) is 0 Å². The monoisotopic (exact) mass is 346 g/mol. The molecule has 0 bridgehead atoms. The zero-order valence-electron chi connectivity index (χ0n) is 15.1. The number of aromatic nitrogens is 1. The lowest BCUT2D eigenvalue weighted by atomic mass is 10.1. The van der Waals surface area contributed by atoms with Crippen molar-refractivity contribution < 1.29 is 9.53 Å². The Morgan fingerprint density at radius 1 is 1.00 bits per heavy atom. The number of aryl methyl sites for hydroxylation is 3. The zero-order valence-corrected chi connectivity index (χ0v) is 15.1. The second-order valence-electron chi connectivity index (χ2n) is 6.23. The number of nitrogens with zero attached hydrogens (tertiary/aromatic N) is 2. The minimum Gasteiger partial charge on any atom is -0.410 e. The zero-order chi connectivity index (χ0) is 18.4. The first kappa shape index (κ1) is 17.7. The molecule has 0 spiro atoms. The highest BCUT2D eigenvalue weighted by atomic mass is 16.6. The van der Waals surface area contributed by atoms with Crippen LogP contribution in [-0.4, -0.2) is 18.1 Å². The second-order valence-corrected chi connectivity index (χ2v) is 6.23. The molecule has 0 aliphatic rings.